The predicted molar refractivity (Wildman–Crippen MR) is 103 cm³/mol. The van der Waals surface area contributed by atoms with E-state index >= 15 is 0 Å². The number of aromatic nitrogens is 2. The van der Waals surface area contributed by atoms with Gasteiger partial charge in [-0.2, -0.15) is 4.98 Å². The van der Waals surface area contributed by atoms with Crippen LogP contribution in [0, 0.1) is 0 Å². The van der Waals surface area contributed by atoms with Gasteiger partial charge in [-0.05, 0) is 36.4 Å². The molecule has 0 radical (unpaired) electrons. The highest BCUT2D eigenvalue weighted by atomic mass is 35.5. The molecule has 28 heavy (non-hydrogen) atoms. The number of hydrogen-bond acceptors (Lipinski definition) is 6. The van der Waals surface area contributed by atoms with Crippen LogP contribution in [0.15, 0.2) is 53.1 Å². The fraction of sp³-hybridized carbons (Fsp3) is 0.200. The maximum Gasteiger partial charge on any atom is 0.246 e. The maximum atomic E-state index is 12.1. The summed E-state index contributed by atoms with van der Waals surface area (Å²) in [5, 5.41) is 7.11. The van der Waals surface area contributed by atoms with E-state index in [-0.39, 0.29) is 37.0 Å². The minimum absolute atomic E-state index is 0.0696. The zero-order chi connectivity index (χ0) is 19.9. The number of ketones is 1. The Morgan fingerprint density at radius 2 is 1.93 bits per heavy atom. The zero-order valence-corrected chi connectivity index (χ0v) is 15.9. The van der Waals surface area contributed by atoms with Gasteiger partial charge in [-0.3, -0.25) is 9.59 Å². The van der Waals surface area contributed by atoms with Crippen LogP contribution >= 0.6 is 11.6 Å². The lowest BCUT2D eigenvalue weighted by atomic mass is 10.1. The second-order valence-electron chi connectivity index (χ2n) is 5.95. The van der Waals surface area contributed by atoms with Crippen LogP contribution in [0.5, 0.6) is 5.75 Å². The SMILES string of the molecule is COc1ccc(C(=O)CCC(=O)NCc2nc(-c3cccc(Cl)c3)no2)cc1. The Kier molecular flexibility index (Phi) is 6.39. The van der Waals surface area contributed by atoms with E-state index in [4.69, 9.17) is 20.9 Å². The number of nitrogens with zero attached hydrogens (tertiary/aromatic N) is 2. The number of rotatable bonds is 8. The molecule has 0 fully saturated rings. The van der Waals surface area contributed by atoms with Gasteiger partial charge in [0.15, 0.2) is 5.78 Å². The molecular weight excluding hydrogens is 382 g/mol. The zero-order valence-electron chi connectivity index (χ0n) is 15.1. The molecular formula is C20H18ClN3O4. The normalized spacial score (nSPS) is 10.5. The summed E-state index contributed by atoms with van der Waals surface area (Å²) in [6.07, 6.45) is 0.176. The quantitative estimate of drug-likeness (QED) is 0.580. The number of benzene rings is 2. The van der Waals surface area contributed by atoms with Crippen LogP contribution in [-0.2, 0) is 11.3 Å². The van der Waals surface area contributed by atoms with E-state index in [1.54, 1.807) is 49.6 Å². The first-order valence-electron chi connectivity index (χ1n) is 8.57. The summed E-state index contributed by atoms with van der Waals surface area (Å²) in [5.74, 6) is 0.945. The largest absolute Gasteiger partial charge is 0.497 e. The van der Waals surface area contributed by atoms with E-state index in [1.165, 1.54) is 0 Å². The Labute approximate surface area is 166 Å². The smallest absolute Gasteiger partial charge is 0.246 e. The van der Waals surface area contributed by atoms with Gasteiger partial charge in [-0.1, -0.05) is 28.9 Å². The summed E-state index contributed by atoms with van der Waals surface area (Å²) in [5.41, 5.74) is 1.26. The van der Waals surface area contributed by atoms with Gasteiger partial charge in [0.05, 0.1) is 13.7 Å². The molecule has 7 nitrogen and oxygen atoms in total. The molecule has 1 amide bonds. The number of ether oxygens (including phenoxy) is 1. The third kappa shape index (κ3) is 5.17. The fourth-order valence-corrected chi connectivity index (χ4v) is 2.67. The van der Waals surface area contributed by atoms with E-state index in [9.17, 15) is 9.59 Å². The highest BCUT2D eigenvalue weighted by Crippen LogP contribution is 2.20. The molecule has 0 aliphatic rings. The Hall–Kier alpha value is -3.19. The first kappa shape index (κ1) is 19.6. The highest BCUT2D eigenvalue weighted by molar-refractivity contribution is 6.30. The van der Waals surface area contributed by atoms with Crippen molar-refractivity contribution in [3.63, 3.8) is 0 Å². The number of halogens is 1. The first-order valence-corrected chi connectivity index (χ1v) is 8.95. The van der Waals surface area contributed by atoms with Crippen molar-refractivity contribution in [2.45, 2.75) is 19.4 Å². The lowest BCUT2D eigenvalue weighted by molar-refractivity contribution is -0.121. The average molecular weight is 400 g/mol. The summed E-state index contributed by atoms with van der Waals surface area (Å²) < 4.78 is 10.2. The number of amides is 1. The van der Waals surface area contributed by atoms with Gasteiger partial charge in [0, 0.05) is 29.0 Å². The van der Waals surface area contributed by atoms with Crippen molar-refractivity contribution in [1.82, 2.24) is 15.5 Å². The van der Waals surface area contributed by atoms with Gasteiger partial charge in [0.25, 0.3) is 0 Å². The number of Topliss-reactive ketones (excluding diaryl/α,β-unsaturated/α-hetero) is 1. The minimum atomic E-state index is -0.274. The van der Waals surface area contributed by atoms with Gasteiger partial charge in [0.2, 0.25) is 17.6 Å². The van der Waals surface area contributed by atoms with E-state index in [0.29, 0.717) is 22.2 Å². The van der Waals surface area contributed by atoms with Crippen LogP contribution in [-0.4, -0.2) is 28.9 Å². The molecule has 0 unspecified atom stereocenters. The van der Waals surface area contributed by atoms with Gasteiger partial charge in [0.1, 0.15) is 5.75 Å². The molecule has 0 atom stereocenters. The second-order valence-corrected chi connectivity index (χ2v) is 6.39. The lowest BCUT2D eigenvalue weighted by Crippen LogP contribution is -2.23. The molecule has 0 bridgehead atoms. The summed E-state index contributed by atoms with van der Waals surface area (Å²) in [7, 11) is 1.56. The molecule has 0 spiro atoms. The predicted octanol–water partition coefficient (Wildman–Crippen LogP) is 3.68. The molecule has 0 saturated carbocycles. The number of nitrogens with one attached hydrogen (secondary N) is 1. The Morgan fingerprint density at radius 1 is 1.14 bits per heavy atom. The number of methoxy groups -OCH3 is 1. The number of carbonyl (C=O) groups excluding carboxylic acids is 2. The standard InChI is InChI=1S/C20H18ClN3O4/c1-27-16-7-5-13(6-8-16)17(25)9-10-18(26)22-12-19-23-20(24-28-19)14-3-2-4-15(21)11-14/h2-8,11H,9-10,12H2,1H3,(H,22,26). The van der Waals surface area contributed by atoms with E-state index in [2.05, 4.69) is 15.5 Å². The third-order valence-corrected chi connectivity index (χ3v) is 4.21. The van der Waals surface area contributed by atoms with Crippen molar-refractivity contribution >= 4 is 23.3 Å². The van der Waals surface area contributed by atoms with E-state index in [0.717, 1.165) is 5.56 Å². The summed E-state index contributed by atoms with van der Waals surface area (Å²) >= 11 is 5.95. The molecule has 3 aromatic rings. The molecule has 0 aliphatic heterocycles. The Morgan fingerprint density at radius 3 is 2.64 bits per heavy atom. The summed E-state index contributed by atoms with van der Waals surface area (Å²) in [6.45, 7) is 0.0864. The molecule has 1 heterocycles. The molecule has 144 valence electrons. The second kappa shape index (κ2) is 9.14. The van der Waals surface area contributed by atoms with E-state index < -0.39 is 0 Å². The van der Waals surface area contributed by atoms with E-state index in [1.807, 2.05) is 6.07 Å². The van der Waals surface area contributed by atoms with Crippen molar-refractivity contribution in [3.8, 4) is 17.1 Å². The van der Waals surface area contributed by atoms with Crippen molar-refractivity contribution in [3.05, 3.63) is 65.0 Å². The van der Waals surface area contributed by atoms with Crippen molar-refractivity contribution in [1.29, 1.82) is 0 Å². The molecule has 1 N–H and O–H groups in total. The van der Waals surface area contributed by atoms with Crippen LogP contribution in [0.4, 0.5) is 0 Å². The van der Waals surface area contributed by atoms with Gasteiger partial charge in [-0.25, -0.2) is 0 Å². The van der Waals surface area contributed by atoms with Crippen molar-refractivity contribution in [2.24, 2.45) is 0 Å². The molecule has 2 aromatic carbocycles. The minimum Gasteiger partial charge on any atom is -0.497 e. The summed E-state index contributed by atoms with van der Waals surface area (Å²) in [4.78, 5) is 28.3. The van der Waals surface area contributed by atoms with Gasteiger partial charge in [-0.15, -0.1) is 0 Å². The van der Waals surface area contributed by atoms with Crippen LogP contribution < -0.4 is 10.1 Å². The summed E-state index contributed by atoms with van der Waals surface area (Å²) in [6, 6.07) is 13.8. The lowest BCUT2D eigenvalue weighted by Gasteiger charge is -2.04. The highest BCUT2D eigenvalue weighted by Gasteiger charge is 2.12. The maximum absolute atomic E-state index is 12.1. The topological polar surface area (TPSA) is 94.3 Å². The molecule has 0 aliphatic carbocycles. The molecule has 3 rings (SSSR count). The number of carbonyl (C=O) groups is 2. The van der Waals surface area contributed by atoms with Crippen molar-refractivity contribution in [2.75, 3.05) is 7.11 Å². The van der Waals surface area contributed by atoms with Crippen LogP contribution in [0.3, 0.4) is 0 Å². The monoisotopic (exact) mass is 399 g/mol. The van der Waals surface area contributed by atoms with Crippen LogP contribution in [0.2, 0.25) is 5.02 Å². The fourth-order valence-electron chi connectivity index (χ4n) is 2.48. The number of hydrogen-bond donors (Lipinski definition) is 1. The van der Waals surface area contributed by atoms with Crippen molar-refractivity contribution < 1.29 is 18.8 Å². The first-order chi connectivity index (χ1) is 13.5. The van der Waals surface area contributed by atoms with Gasteiger partial charge < -0.3 is 14.6 Å². The molecule has 1 aromatic heterocycles. The third-order valence-electron chi connectivity index (χ3n) is 3.98. The molecule has 0 saturated heterocycles. The average Bonchev–Trinajstić information content (AvgIpc) is 3.19. The van der Waals surface area contributed by atoms with Gasteiger partial charge >= 0.3 is 0 Å². The van der Waals surface area contributed by atoms with Crippen LogP contribution in [0.1, 0.15) is 29.1 Å². The Balaban J connectivity index is 1.47. The molecule has 8 heteroatoms. The Bertz CT molecular complexity index is 970. The van der Waals surface area contributed by atoms with Crippen LogP contribution in [0.25, 0.3) is 11.4 Å².